The van der Waals surface area contributed by atoms with E-state index in [4.69, 9.17) is 5.11 Å². The molecular formula is C7H12N6O4. The van der Waals surface area contributed by atoms with E-state index in [-0.39, 0.29) is 13.2 Å². The number of tetrazole rings is 1. The van der Waals surface area contributed by atoms with Crippen LogP contribution in [-0.2, 0) is 16.1 Å². The van der Waals surface area contributed by atoms with E-state index in [1.807, 2.05) is 0 Å². The number of carbonyl (C=O) groups excluding carboxylic acids is 1. The van der Waals surface area contributed by atoms with Crippen molar-refractivity contribution in [3.8, 4) is 0 Å². The molecule has 1 heterocycles. The summed E-state index contributed by atoms with van der Waals surface area (Å²) in [5, 5.41) is 26.1. The number of nitrogens with one attached hydrogen (secondary N) is 3. The molecule has 0 saturated heterocycles. The maximum atomic E-state index is 11.3. The third kappa shape index (κ3) is 4.42. The van der Waals surface area contributed by atoms with Gasteiger partial charge in [-0.3, -0.25) is 0 Å². The Balaban J connectivity index is 2.34. The maximum Gasteiger partial charge on any atom is 0.328 e. The highest BCUT2D eigenvalue weighted by Gasteiger charge is 2.19. The van der Waals surface area contributed by atoms with Crippen molar-refractivity contribution in [1.29, 1.82) is 0 Å². The summed E-state index contributed by atoms with van der Waals surface area (Å²) in [6.07, 6.45) is 0. The standard InChI is InChI=1S/C7H12N6O4/c1-17-3-4(6(14)15)9-7(16)8-2-5-10-12-13-11-5/h4H,2-3H2,1H3,(H,14,15)(H2,8,9,16)(H,10,11,12,13). The summed E-state index contributed by atoms with van der Waals surface area (Å²) in [5.74, 6) is -0.889. The minimum atomic E-state index is -1.18. The molecular weight excluding hydrogens is 232 g/mol. The quantitative estimate of drug-likeness (QED) is 0.457. The number of rotatable bonds is 6. The second-order valence-corrected chi connectivity index (χ2v) is 3.00. The number of aliphatic carboxylic acids is 1. The fraction of sp³-hybridized carbons (Fsp3) is 0.571. The van der Waals surface area contributed by atoms with Gasteiger partial charge in [0.2, 0.25) is 0 Å². The summed E-state index contributed by atoms with van der Waals surface area (Å²) in [6.45, 7) is -0.0768. The van der Waals surface area contributed by atoms with Crippen LogP contribution in [0.15, 0.2) is 0 Å². The van der Waals surface area contributed by atoms with Crippen LogP contribution in [0.3, 0.4) is 0 Å². The van der Waals surface area contributed by atoms with E-state index in [0.717, 1.165) is 0 Å². The number of nitrogens with zero attached hydrogens (tertiary/aromatic N) is 3. The van der Waals surface area contributed by atoms with Crippen LogP contribution in [0.5, 0.6) is 0 Å². The lowest BCUT2D eigenvalue weighted by atomic mass is 10.3. The van der Waals surface area contributed by atoms with Crippen molar-refractivity contribution in [2.24, 2.45) is 0 Å². The lowest BCUT2D eigenvalue weighted by molar-refractivity contribution is -0.140. The van der Waals surface area contributed by atoms with Gasteiger partial charge in [-0.1, -0.05) is 5.21 Å². The lowest BCUT2D eigenvalue weighted by Crippen LogP contribution is -2.48. The number of carboxylic acids is 1. The zero-order chi connectivity index (χ0) is 12.7. The van der Waals surface area contributed by atoms with Gasteiger partial charge in [-0.05, 0) is 0 Å². The van der Waals surface area contributed by atoms with Crippen LogP contribution in [0.25, 0.3) is 0 Å². The summed E-state index contributed by atoms with van der Waals surface area (Å²) >= 11 is 0. The molecule has 17 heavy (non-hydrogen) atoms. The van der Waals surface area contributed by atoms with Crippen LogP contribution < -0.4 is 10.6 Å². The topological polar surface area (TPSA) is 142 Å². The summed E-state index contributed by atoms with van der Waals surface area (Å²) in [5.41, 5.74) is 0. The Morgan fingerprint density at radius 1 is 1.59 bits per heavy atom. The predicted molar refractivity (Wildman–Crippen MR) is 52.8 cm³/mol. The van der Waals surface area contributed by atoms with E-state index in [1.54, 1.807) is 0 Å². The van der Waals surface area contributed by atoms with Gasteiger partial charge in [0.05, 0.1) is 13.2 Å². The van der Waals surface area contributed by atoms with Crippen molar-refractivity contribution in [3.05, 3.63) is 5.82 Å². The molecule has 0 aromatic carbocycles. The normalized spacial score (nSPS) is 11.8. The molecule has 0 fully saturated rings. The average molecular weight is 244 g/mol. The van der Waals surface area contributed by atoms with Gasteiger partial charge < -0.3 is 20.5 Å². The minimum absolute atomic E-state index is 0.0433. The second-order valence-electron chi connectivity index (χ2n) is 3.00. The Kier molecular flexibility index (Phi) is 4.81. The predicted octanol–water partition coefficient (Wildman–Crippen LogP) is -1.90. The van der Waals surface area contributed by atoms with Gasteiger partial charge in [0, 0.05) is 7.11 Å². The fourth-order valence-electron chi connectivity index (χ4n) is 0.967. The molecule has 0 saturated carbocycles. The molecule has 4 N–H and O–H groups in total. The summed E-state index contributed by atoms with van der Waals surface area (Å²) in [4.78, 5) is 22.0. The van der Waals surface area contributed by atoms with Crippen LogP contribution in [-0.4, -0.2) is 57.5 Å². The first-order valence-corrected chi connectivity index (χ1v) is 4.62. The minimum Gasteiger partial charge on any atom is -0.480 e. The Hall–Kier alpha value is -2.23. The van der Waals surface area contributed by atoms with Crippen molar-refractivity contribution < 1.29 is 19.4 Å². The van der Waals surface area contributed by atoms with Gasteiger partial charge in [0.1, 0.15) is 0 Å². The number of carbonyl (C=O) groups is 2. The maximum absolute atomic E-state index is 11.3. The fourth-order valence-corrected chi connectivity index (χ4v) is 0.967. The van der Waals surface area contributed by atoms with Crippen LogP contribution >= 0.6 is 0 Å². The summed E-state index contributed by atoms with van der Waals surface area (Å²) in [7, 11) is 1.34. The van der Waals surface area contributed by atoms with Gasteiger partial charge in [0.25, 0.3) is 0 Å². The molecule has 10 heteroatoms. The number of hydrogen-bond acceptors (Lipinski definition) is 6. The first kappa shape index (κ1) is 12.8. The van der Waals surface area contributed by atoms with E-state index in [2.05, 4.69) is 36.0 Å². The molecule has 1 rings (SSSR count). The molecule has 1 unspecified atom stereocenters. The Bertz CT molecular complexity index is 366. The van der Waals surface area contributed by atoms with Crippen LogP contribution in [0.1, 0.15) is 5.82 Å². The van der Waals surface area contributed by atoms with E-state index in [0.29, 0.717) is 5.82 Å². The number of urea groups is 1. The van der Waals surface area contributed by atoms with E-state index >= 15 is 0 Å². The smallest absolute Gasteiger partial charge is 0.328 e. The highest BCUT2D eigenvalue weighted by molar-refractivity contribution is 5.82. The molecule has 2 amide bonds. The van der Waals surface area contributed by atoms with Crippen LogP contribution in [0, 0.1) is 0 Å². The number of aromatic nitrogens is 4. The molecule has 0 aliphatic heterocycles. The zero-order valence-corrected chi connectivity index (χ0v) is 9.01. The third-order valence-corrected chi connectivity index (χ3v) is 1.73. The Labute approximate surface area is 95.7 Å². The number of hydrogen-bond donors (Lipinski definition) is 4. The van der Waals surface area contributed by atoms with E-state index in [1.165, 1.54) is 7.11 Å². The first-order chi connectivity index (χ1) is 8.13. The van der Waals surface area contributed by atoms with E-state index < -0.39 is 18.0 Å². The first-order valence-electron chi connectivity index (χ1n) is 4.62. The molecule has 0 spiro atoms. The molecule has 1 aromatic heterocycles. The second kappa shape index (κ2) is 6.37. The van der Waals surface area contributed by atoms with Crippen LogP contribution in [0.2, 0.25) is 0 Å². The summed E-state index contributed by atoms with van der Waals surface area (Å²) in [6, 6.07) is -1.76. The number of carboxylic acid groups (broad SMARTS) is 1. The molecule has 1 aromatic rings. The molecule has 0 aliphatic carbocycles. The Morgan fingerprint density at radius 3 is 2.88 bits per heavy atom. The van der Waals surface area contributed by atoms with E-state index in [9.17, 15) is 9.59 Å². The van der Waals surface area contributed by atoms with Gasteiger partial charge in [-0.15, -0.1) is 10.2 Å². The summed E-state index contributed by atoms with van der Waals surface area (Å²) < 4.78 is 4.65. The van der Waals surface area contributed by atoms with Gasteiger partial charge >= 0.3 is 12.0 Å². The van der Waals surface area contributed by atoms with Crippen molar-refractivity contribution in [3.63, 3.8) is 0 Å². The molecule has 0 aliphatic rings. The molecule has 10 nitrogen and oxygen atoms in total. The number of H-pyrrole nitrogens is 1. The van der Waals surface area contributed by atoms with Crippen molar-refractivity contribution >= 4 is 12.0 Å². The Morgan fingerprint density at radius 2 is 2.35 bits per heavy atom. The van der Waals surface area contributed by atoms with Gasteiger partial charge in [-0.25, -0.2) is 9.59 Å². The van der Waals surface area contributed by atoms with Crippen LogP contribution in [0.4, 0.5) is 4.79 Å². The highest BCUT2D eigenvalue weighted by atomic mass is 16.5. The molecule has 1 atom stereocenters. The zero-order valence-electron chi connectivity index (χ0n) is 9.01. The number of methoxy groups -OCH3 is 1. The van der Waals surface area contributed by atoms with Gasteiger partial charge in [0.15, 0.2) is 11.9 Å². The SMILES string of the molecule is COCC(NC(=O)NCc1nn[nH]n1)C(=O)O. The molecule has 94 valence electrons. The number of ether oxygens (including phenoxy) is 1. The number of aromatic amines is 1. The van der Waals surface area contributed by atoms with Crippen molar-refractivity contribution in [1.82, 2.24) is 31.3 Å². The molecule has 0 bridgehead atoms. The third-order valence-electron chi connectivity index (χ3n) is 1.73. The number of amides is 2. The van der Waals surface area contributed by atoms with Crippen molar-refractivity contribution in [2.75, 3.05) is 13.7 Å². The molecule has 0 radical (unpaired) electrons. The largest absolute Gasteiger partial charge is 0.480 e. The highest BCUT2D eigenvalue weighted by Crippen LogP contribution is 1.87. The van der Waals surface area contributed by atoms with Gasteiger partial charge in [-0.2, -0.15) is 5.21 Å². The average Bonchev–Trinajstić information content (AvgIpc) is 2.78. The monoisotopic (exact) mass is 244 g/mol. The lowest BCUT2D eigenvalue weighted by Gasteiger charge is -2.13. The van der Waals surface area contributed by atoms with Crippen molar-refractivity contribution in [2.45, 2.75) is 12.6 Å².